The van der Waals surface area contributed by atoms with Crippen molar-refractivity contribution < 1.29 is 0 Å². The normalized spacial score (nSPS) is 11.4. The van der Waals surface area contributed by atoms with Crippen LogP contribution in [0.5, 0.6) is 0 Å². The lowest BCUT2D eigenvalue weighted by molar-refractivity contribution is 0.966. The third-order valence-electron chi connectivity index (χ3n) is 1.69. The van der Waals surface area contributed by atoms with Crippen LogP contribution in [0.4, 0.5) is 5.82 Å². The van der Waals surface area contributed by atoms with Gasteiger partial charge in [-0.2, -0.15) is 0 Å². The van der Waals surface area contributed by atoms with Gasteiger partial charge in [-0.1, -0.05) is 0 Å². The van der Waals surface area contributed by atoms with Crippen LogP contribution in [0.3, 0.4) is 0 Å². The molecule has 7 N–H and O–H groups in total. The van der Waals surface area contributed by atoms with Crippen LogP contribution in [0, 0.1) is 6.92 Å². The highest BCUT2D eigenvalue weighted by Crippen LogP contribution is 2.12. The molecule has 0 saturated heterocycles. The number of nitrogens with zero attached hydrogens (tertiary/aromatic N) is 1. The van der Waals surface area contributed by atoms with E-state index in [1.54, 1.807) is 6.20 Å². The SMILES string of the molecule is Cc1cc(/C(N)=C/NN)cnc1N. The third-order valence-corrected chi connectivity index (χ3v) is 1.69. The molecule has 0 saturated carbocycles. The van der Waals surface area contributed by atoms with E-state index in [0.29, 0.717) is 11.5 Å². The summed E-state index contributed by atoms with van der Waals surface area (Å²) in [6.07, 6.45) is 3.10. The molecule has 0 radical (unpaired) electrons. The van der Waals surface area contributed by atoms with Crippen molar-refractivity contribution in [3.05, 3.63) is 29.6 Å². The van der Waals surface area contributed by atoms with Crippen molar-refractivity contribution in [2.24, 2.45) is 11.6 Å². The average molecular weight is 179 g/mol. The maximum Gasteiger partial charge on any atom is 0.126 e. The van der Waals surface area contributed by atoms with E-state index in [1.165, 1.54) is 6.20 Å². The van der Waals surface area contributed by atoms with Crippen molar-refractivity contribution in [1.29, 1.82) is 0 Å². The lowest BCUT2D eigenvalue weighted by Crippen LogP contribution is -2.16. The number of nitrogens with two attached hydrogens (primary N) is 3. The lowest BCUT2D eigenvalue weighted by Gasteiger charge is -2.04. The molecule has 0 aliphatic carbocycles. The van der Waals surface area contributed by atoms with E-state index in [0.717, 1.165) is 11.1 Å². The molecule has 0 bridgehead atoms. The molecule has 1 aromatic rings. The first-order valence-electron chi connectivity index (χ1n) is 3.79. The van der Waals surface area contributed by atoms with Gasteiger partial charge in [-0.25, -0.2) is 4.98 Å². The van der Waals surface area contributed by atoms with Gasteiger partial charge in [-0.05, 0) is 18.6 Å². The van der Waals surface area contributed by atoms with Crippen LogP contribution in [0.1, 0.15) is 11.1 Å². The molecule has 1 rings (SSSR count). The van der Waals surface area contributed by atoms with Gasteiger partial charge in [-0.3, -0.25) is 5.84 Å². The largest absolute Gasteiger partial charge is 0.397 e. The Labute approximate surface area is 76.6 Å². The van der Waals surface area contributed by atoms with Gasteiger partial charge in [0.05, 0.1) is 5.70 Å². The summed E-state index contributed by atoms with van der Waals surface area (Å²) in [5, 5.41) is 0. The fourth-order valence-corrected chi connectivity index (χ4v) is 0.916. The second-order valence-electron chi connectivity index (χ2n) is 2.69. The summed E-state index contributed by atoms with van der Waals surface area (Å²) in [6, 6.07) is 1.85. The van der Waals surface area contributed by atoms with Crippen LogP contribution < -0.4 is 22.7 Å². The van der Waals surface area contributed by atoms with Crippen molar-refractivity contribution in [1.82, 2.24) is 10.4 Å². The van der Waals surface area contributed by atoms with E-state index in [-0.39, 0.29) is 0 Å². The summed E-state index contributed by atoms with van der Waals surface area (Å²) in [7, 11) is 0. The van der Waals surface area contributed by atoms with Gasteiger partial charge in [0.25, 0.3) is 0 Å². The van der Waals surface area contributed by atoms with Crippen molar-refractivity contribution >= 4 is 11.5 Å². The zero-order valence-electron chi connectivity index (χ0n) is 7.41. The Kier molecular flexibility index (Phi) is 2.71. The molecule has 0 fully saturated rings. The molecule has 0 spiro atoms. The Balaban J connectivity index is 3.04. The van der Waals surface area contributed by atoms with Crippen LogP contribution in [0.15, 0.2) is 18.5 Å². The molecule has 5 heteroatoms. The fourth-order valence-electron chi connectivity index (χ4n) is 0.916. The van der Waals surface area contributed by atoms with Gasteiger partial charge in [0.15, 0.2) is 0 Å². The Bertz CT molecular complexity index is 331. The highest BCUT2D eigenvalue weighted by atomic mass is 15.2. The second kappa shape index (κ2) is 3.77. The first kappa shape index (κ1) is 9.34. The zero-order chi connectivity index (χ0) is 9.84. The number of nitrogen functional groups attached to an aromatic ring is 1. The Morgan fingerprint density at radius 3 is 2.85 bits per heavy atom. The molecule has 0 aromatic carbocycles. The maximum atomic E-state index is 5.66. The van der Waals surface area contributed by atoms with Crippen molar-refractivity contribution in [3.63, 3.8) is 0 Å². The van der Waals surface area contributed by atoms with Gasteiger partial charge in [0.2, 0.25) is 0 Å². The number of hydrogen-bond donors (Lipinski definition) is 4. The molecule has 70 valence electrons. The monoisotopic (exact) mass is 179 g/mol. The van der Waals surface area contributed by atoms with Crippen molar-refractivity contribution in [3.8, 4) is 0 Å². The van der Waals surface area contributed by atoms with Gasteiger partial charge >= 0.3 is 0 Å². The van der Waals surface area contributed by atoms with Gasteiger partial charge in [0, 0.05) is 18.0 Å². The van der Waals surface area contributed by atoms with E-state index in [9.17, 15) is 0 Å². The number of nitrogens with one attached hydrogen (secondary N) is 1. The highest BCUT2D eigenvalue weighted by molar-refractivity contribution is 5.63. The number of pyridine rings is 1. The molecule has 0 unspecified atom stereocenters. The van der Waals surface area contributed by atoms with Crippen molar-refractivity contribution in [2.45, 2.75) is 6.92 Å². The van der Waals surface area contributed by atoms with E-state index in [4.69, 9.17) is 17.3 Å². The highest BCUT2D eigenvalue weighted by Gasteiger charge is 1.99. The topological polar surface area (TPSA) is 103 Å². The van der Waals surface area contributed by atoms with E-state index in [2.05, 4.69) is 10.4 Å². The number of anilines is 1. The molecule has 5 nitrogen and oxygen atoms in total. The minimum atomic E-state index is 0.511. The van der Waals surface area contributed by atoms with Gasteiger partial charge in [0.1, 0.15) is 5.82 Å². The molecular weight excluding hydrogens is 166 g/mol. The van der Waals surface area contributed by atoms with Gasteiger partial charge in [-0.15, -0.1) is 0 Å². The number of hydrogen-bond acceptors (Lipinski definition) is 5. The minimum absolute atomic E-state index is 0.511. The van der Waals surface area contributed by atoms with Gasteiger partial charge < -0.3 is 16.9 Å². The summed E-state index contributed by atoms with van der Waals surface area (Å²) < 4.78 is 0. The van der Waals surface area contributed by atoms with Crippen LogP contribution >= 0.6 is 0 Å². The second-order valence-corrected chi connectivity index (χ2v) is 2.69. The molecule has 1 aromatic heterocycles. The zero-order valence-corrected chi connectivity index (χ0v) is 7.41. The summed E-state index contributed by atoms with van der Waals surface area (Å²) in [4.78, 5) is 3.97. The van der Waals surface area contributed by atoms with E-state index < -0.39 is 0 Å². The lowest BCUT2D eigenvalue weighted by atomic mass is 10.1. The summed E-state index contributed by atoms with van der Waals surface area (Å²) in [5.41, 5.74) is 15.8. The first-order valence-corrected chi connectivity index (χ1v) is 3.79. The Morgan fingerprint density at radius 1 is 1.62 bits per heavy atom. The predicted octanol–water partition coefficient (Wildman–Crippen LogP) is -0.307. The van der Waals surface area contributed by atoms with E-state index >= 15 is 0 Å². The quantitative estimate of drug-likeness (QED) is 0.368. The number of aryl methyl sites for hydroxylation is 1. The predicted molar refractivity (Wildman–Crippen MR) is 52.9 cm³/mol. The standard InChI is InChI=1S/C8H13N5/c1-5-2-6(3-12-8(5)10)7(9)4-13-11/h2-4,13H,9,11H2,1H3,(H2,10,12)/b7-4-. The summed E-state index contributed by atoms with van der Waals surface area (Å²) >= 11 is 0. The molecule has 0 aliphatic heterocycles. The van der Waals surface area contributed by atoms with Crippen LogP contribution in [0.2, 0.25) is 0 Å². The van der Waals surface area contributed by atoms with Crippen molar-refractivity contribution in [2.75, 3.05) is 5.73 Å². The molecule has 13 heavy (non-hydrogen) atoms. The number of rotatable bonds is 2. The fraction of sp³-hybridized carbons (Fsp3) is 0.125. The Morgan fingerprint density at radius 2 is 2.31 bits per heavy atom. The number of aromatic nitrogens is 1. The third kappa shape index (κ3) is 2.09. The Hall–Kier alpha value is -1.75. The maximum absolute atomic E-state index is 5.66. The summed E-state index contributed by atoms with van der Waals surface area (Å²) in [6.45, 7) is 1.87. The molecule has 1 heterocycles. The molecular formula is C8H13N5. The smallest absolute Gasteiger partial charge is 0.126 e. The van der Waals surface area contributed by atoms with Crippen LogP contribution in [-0.2, 0) is 0 Å². The molecule has 0 atom stereocenters. The van der Waals surface area contributed by atoms with E-state index in [1.807, 2.05) is 13.0 Å². The first-order chi connectivity index (χ1) is 6.15. The van der Waals surface area contributed by atoms with Crippen LogP contribution in [-0.4, -0.2) is 4.98 Å². The average Bonchev–Trinajstić information content (AvgIpc) is 2.10. The number of hydrazine groups is 1. The molecule has 0 amide bonds. The minimum Gasteiger partial charge on any atom is -0.397 e. The van der Waals surface area contributed by atoms with Crippen LogP contribution in [0.25, 0.3) is 5.70 Å². The molecule has 0 aliphatic rings. The summed E-state index contributed by atoms with van der Waals surface area (Å²) in [5.74, 6) is 5.59.